The first-order valence-electron chi connectivity index (χ1n) is 4.62. The summed E-state index contributed by atoms with van der Waals surface area (Å²) in [4.78, 5) is 0. The molecule has 0 aliphatic rings. The third-order valence-corrected chi connectivity index (χ3v) is 3.25. The third-order valence-electron chi connectivity index (χ3n) is 2.01. The molecule has 0 fully saturated rings. The van der Waals surface area contributed by atoms with Crippen LogP contribution < -0.4 is 5.73 Å². The molecular weight excluding hydrogens is 212 g/mol. The van der Waals surface area contributed by atoms with Crippen LogP contribution in [0, 0.1) is 12.3 Å². The fraction of sp³-hybridized carbons (Fsp3) is 0.556. The molecule has 0 saturated heterocycles. The van der Waals surface area contributed by atoms with Crippen LogP contribution in [-0.2, 0) is 7.05 Å². The molecule has 1 rings (SSSR count). The number of aliphatic hydroxyl groups is 1. The van der Waals surface area contributed by atoms with Crippen molar-refractivity contribution in [3.8, 4) is 0 Å². The Kier molecular flexibility index (Phi) is 3.76. The lowest BCUT2D eigenvalue weighted by Gasteiger charge is -2.09. The first-order valence-corrected chi connectivity index (χ1v) is 5.50. The number of nitrogens with two attached hydrogens (primary N) is 1. The van der Waals surface area contributed by atoms with Gasteiger partial charge in [-0.15, -0.1) is 11.8 Å². The van der Waals surface area contributed by atoms with Crippen molar-refractivity contribution in [2.24, 2.45) is 12.8 Å². The zero-order valence-corrected chi connectivity index (χ0v) is 9.93. The summed E-state index contributed by atoms with van der Waals surface area (Å²) in [6, 6.07) is 0. The van der Waals surface area contributed by atoms with Crippen molar-refractivity contribution >= 4 is 17.6 Å². The number of nitrogens with one attached hydrogen (secondary N) is 1. The van der Waals surface area contributed by atoms with Gasteiger partial charge >= 0.3 is 0 Å². The van der Waals surface area contributed by atoms with Crippen molar-refractivity contribution in [3.63, 3.8) is 0 Å². The summed E-state index contributed by atoms with van der Waals surface area (Å²) in [5.41, 5.74) is 6.92. The van der Waals surface area contributed by atoms with E-state index in [1.54, 1.807) is 4.68 Å². The molecule has 1 heterocycles. The van der Waals surface area contributed by atoms with Gasteiger partial charge in [0.25, 0.3) is 0 Å². The Morgan fingerprint density at radius 3 is 2.80 bits per heavy atom. The number of aliphatic hydroxyl groups excluding tert-OH is 1. The molecule has 0 radical (unpaired) electrons. The predicted molar refractivity (Wildman–Crippen MR) is 61.4 cm³/mol. The summed E-state index contributed by atoms with van der Waals surface area (Å²) in [7, 11) is 1.81. The number of nitrogens with zero attached hydrogens (tertiary/aromatic N) is 2. The van der Waals surface area contributed by atoms with Gasteiger partial charge in [-0.05, 0) is 6.92 Å². The highest BCUT2D eigenvalue weighted by atomic mass is 32.2. The molecule has 5 nitrogen and oxygen atoms in total. The van der Waals surface area contributed by atoms with Crippen molar-refractivity contribution in [1.82, 2.24) is 9.78 Å². The maximum atomic E-state index is 8.99. The number of thioether (sulfide) groups is 1. The van der Waals surface area contributed by atoms with Gasteiger partial charge in [0.05, 0.1) is 17.9 Å². The predicted octanol–water partition coefficient (Wildman–Crippen LogP) is 0.485. The normalized spacial score (nSPS) is 12.8. The average Bonchev–Trinajstić information content (AvgIpc) is 2.41. The van der Waals surface area contributed by atoms with E-state index in [2.05, 4.69) is 5.10 Å². The van der Waals surface area contributed by atoms with Gasteiger partial charge in [-0.2, -0.15) is 5.10 Å². The Hall–Kier alpha value is -1.01. The SMILES string of the molecule is Cc1nn(C)c(SC(C)CO)c1C(=N)N. The van der Waals surface area contributed by atoms with Crippen molar-refractivity contribution in [3.05, 3.63) is 11.3 Å². The molecule has 1 aromatic rings. The molecule has 4 N–H and O–H groups in total. The lowest BCUT2D eigenvalue weighted by Crippen LogP contribution is -2.14. The number of amidine groups is 1. The number of aryl methyl sites for hydroxylation is 2. The third kappa shape index (κ3) is 2.51. The van der Waals surface area contributed by atoms with Crippen LogP contribution in [0.3, 0.4) is 0 Å². The quantitative estimate of drug-likeness (QED) is 0.397. The minimum absolute atomic E-state index is 0.0215. The van der Waals surface area contributed by atoms with E-state index in [0.717, 1.165) is 10.7 Å². The van der Waals surface area contributed by atoms with Crippen molar-refractivity contribution in [2.75, 3.05) is 6.61 Å². The molecule has 0 aliphatic carbocycles. The van der Waals surface area contributed by atoms with E-state index >= 15 is 0 Å². The second kappa shape index (κ2) is 4.67. The first kappa shape index (κ1) is 12.1. The van der Waals surface area contributed by atoms with E-state index in [1.165, 1.54) is 11.8 Å². The second-order valence-electron chi connectivity index (χ2n) is 3.41. The summed E-state index contributed by atoms with van der Waals surface area (Å²) in [5.74, 6) is 0.0215. The van der Waals surface area contributed by atoms with Gasteiger partial charge in [-0.3, -0.25) is 10.1 Å². The molecule has 1 unspecified atom stereocenters. The summed E-state index contributed by atoms with van der Waals surface area (Å²) in [5, 5.41) is 21.6. The van der Waals surface area contributed by atoms with Gasteiger partial charge in [0, 0.05) is 12.3 Å². The van der Waals surface area contributed by atoms with E-state index in [-0.39, 0.29) is 17.7 Å². The zero-order valence-electron chi connectivity index (χ0n) is 9.11. The Bertz CT molecular complexity index is 374. The minimum atomic E-state index is 0.0215. The highest BCUT2D eigenvalue weighted by Gasteiger charge is 2.18. The van der Waals surface area contributed by atoms with Crippen LogP contribution in [0.25, 0.3) is 0 Å². The monoisotopic (exact) mass is 228 g/mol. The van der Waals surface area contributed by atoms with E-state index in [9.17, 15) is 0 Å². The topological polar surface area (TPSA) is 87.9 Å². The average molecular weight is 228 g/mol. The number of rotatable bonds is 4. The zero-order chi connectivity index (χ0) is 11.6. The first-order chi connectivity index (χ1) is 6.97. The van der Waals surface area contributed by atoms with Crippen molar-refractivity contribution in [1.29, 1.82) is 5.41 Å². The van der Waals surface area contributed by atoms with E-state index in [4.69, 9.17) is 16.2 Å². The Morgan fingerprint density at radius 1 is 1.73 bits per heavy atom. The number of aromatic nitrogens is 2. The fourth-order valence-corrected chi connectivity index (χ4v) is 2.33. The summed E-state index contributed by atoms with van der Waals surface area (Å²) in [6.45, 7) is 3.83. The molecule has 6 heteroatoms. The van der Waals surface area contributed by atoms with Crippen LogP contribution in [0.15, 0.2) is 5.03 Å². The van der Waals surface area contributed by atoms with Gasteiger partial charge in [0.1, 0.15) is 10.9 Å². The Balaban J connectivity index is 3.09. The summed E-state index contributed by atoms with van der Waals surface area (Å²) >= 11 is 1.48. The maximum absolute atomic E-state index is 8.99. The van der Waals surface area contributed by atoms with Gasteiger partial charge in [0.2, 0.25) is 0 Å². The smallest absolute Gasteiger partial charge is 0.127 e. The van der Waals surface area contributed by atoms with E-state index < -0.39 is 0 Å². The van der Waals surface area contributed by atoms with Gasteiger partial charge < -0.3 is 10.8 Å². The molecule has 0 saturated carbocycles. The Labute approximate surface area is 93.2 Å². The molecule has 15 heavy (non-hydrogen) atoms. The van der Waals surface area contributed by atoms with E-state index in [1.807, 2.05) is 20.9 Å². The molecule has 0 spiro atoms. The van der Waals surface area contributed by atoms with Crippen LogP contribution >= 0.6 is 11.8 Å². The second-order valence-corrected chi connectivity index (χ2v) is 4.84. The standard InChI is InChI=1S/C9H16N4OS/c1-5(4-14)15-9-7(8(10)11)6(2)12-13(9)3/h5,14H,4H2,1-3H3,(H3,10,11). The number of hydrogen-bond donors (Lipinski definition) is 3. The Morgan fingerprint density at radius 2 is 2.33 bits per heavy atom. The molecule has 1 atom stereocenters. The number of hydrogen-bond acceptors (Lipinski definition) is 4. The van der Waals surface area contributed by atoms with Crippen molar-refractivity contribution < 1.29 is 5.11 Å². The van der Waals surface area contributed by atoms with Crippen LogP contribution in [0.1, 0.15) is 18.2 Å². The summed E-state index contributed by atoms with van der Waals surface area (Å²) < 4.78 is 1.70. The molecule has 84 valence electrons. The van der Waals surface area contributed by atoms with Crippen LogP contribution in [0.5, 0.6) is 0 Å². The lowest BCUT2D eigenvalue weighted by atomic mass is 10.2. The van der Waals surface area contributed by atoms with Crippen LogP contribution in [-0.4, -0.2) is 32.6 Å². The molecule has 0 aromatic carbocycles. The minimum Gasteiger partial charge on any atom is -0.395 e. The van der Waals surface area contributed by atoms with Gasteiger partial charge in [-0.25, -0.2) is 0 Å². The molecular formula is C9H16N4OS. The highest BCUT2D eigenvalue weighted by Crippen LogP contribution is 2.27. The maximum Gasteiger partial charge on any atom is 0.127 e. The van der Waals surface area contributed by atoms with Crippen LogP contribution in [0.2, 0.25) is 0 Å². The van der Waals surface area contributed by atoms with Crippen LogP contribution in [0.4, 0.5) is 0 Å². The van der Waals surface area contributed by atoms with Crippen molar-refractivity contribution in [2.45, 2.75) is 24.1 Å². The fourth-order valence-electron chi connectivity index (χ4n) is 1.31. The molecule has 0 amide bonds. The lowest BCUT2D eigenvalue weighted by molar-refractivity contribution is 0.300. The largest absolute Gasteiger partial charge is 0.395 e. The summed E-state index contributed by atoms with van der Waals surface area (Å²) in [6.07, 6.45) is 0. The molecule has 1 aromatic heterocycles. The highest BCUT2D eigenvalue weighted by molar-refractivity contribution is 8.00. The van der Waals surface area contributed by atoms with Gasteiger partial charge in [-0.1, -0.05) is 6.92 Å². The molecule has 0 aliphatic heterocycles. The molecule has 0 bridgehead atoms. The number of nitrogen functional groups attached to an aromatic ring is 1. The van der Waals surface area contributed by atoms with Gasteiger partial charge in [0.15, 0.2) is 0 Å². The van der Waals surface area contributed by atoms with E-state index in [0.29, 0.717) is 5.56 Å².